The Hall–Kier alpha value is -1.69. The van der Waals surface area contributed by atoms with Crippen molar-refractivity contribution in [1.29, 1.82) is 0 Å². The molecule has 1 aromatic heterocycles. The van der Waals surface area contributed by atoms with E-state index in [0.29, 0.717) is 0 Å². The molecule has 164 valence electrons. The summed E-state index contributed by atoms with van der Waals surface area (Å²) in [5.74, 6) is 1.99. The van der Waals surface area contributed by atoms with Crippen molar-refractivity contribution in [3.8, 4) is 0 Å². The number of carbonyl (C=O) groups is 1. The summed E-state index contributed by atoms with van der Waals surface area (Å²) in [6.45, 7) is 3.64. The molecule has 0 bridgehead atoms. The van der Waals surface area contributed by atoms with E-state index in [1.165, 1.54) is 44.9 Å². The quantitative estimate of drug-likeness (QED) is 0.821. The molecule has 4 aliphatic rings. The number of H-pyrrole nitrogens is 1. The lowest BCUT2D eigenvalue weighted by Crippen LogP contribution is -2.40. The lowest BCUT2D eigenvalue weighted by Gasteiger charge is -2.33. The molecule has 1 saturated heterocycles. The number of aromatic nitrogens is 2. The number of hydrogen-bond acceptors (Lipinski definition) is 4. The average molecular weight is 413 g/mol. The first-order valence-electron chi connectivity index (χ1n) is 12.3. The predicted octanol–water partition coefficient (Wildman–Crippen LogP) is 3.56. The first-order chi connectivity index (χ1) is 14.7. The third kappa shape index (κ3) is 4.08. The highest BCUT2D eigenvalue weighted by atomic mass is 16.2. The van der Waals surface area contributed by atoms with Crippen LogP contribution in [0.5, 0.6) is 0 Å². The molecule has 1 unspecified atom stereocenters. The van der Waals surface area contributed by atoms with Crippen LogP contribution >= 0.6 is 0 Å². The second-order valence-corrected chi connectivity index (χ2v) is 10.0. The van der Waals surface area contributed by atoms with Gasteiger partial charge in [0.1, 0.15) is 5.82 Å². The third-order valence-electron chi connectivity index (χ3n) is 7.96. The fraction of sp³-hybridized carbons (Fsp3) is 0.792. The van der Waals surface area contributed by atoms with Gasteiger partial charge in [0.15, 0.2) is 0 Å². The smallest absolute Gasteiger partial charge is 0.255 e. The number of aromatic amines is 1. The molecule has 1 amide bonds. The fourth-order valence-electron chi connectivity index (χ4n) is 6.27. The molecule has 2 aliphatic carbocycles. The van der Waals surface area contributed by atoms with Gasteiger partial charge < -0.3 is 9.88 Å². The maximum Gasteiger partial charge on any atom is 0.255 e. The molecule has 2 aliphatic heterocycles. The van der Waals surface area contributed by atoms with Crippen molar-refractivity contribution < 1.29 is 4.79 Å². The van der Waals surface area contributed by atoms with Crippen LogP contribution in [-0.2, 0) is 17.8 Å². The van der Waals surface area contributed by atoms with Gasteiger partial charge in [0.25, 0.3) is 5.56 Å². The molecular weight excluding hydrogens is 376 g/mol. The van der Waals surface area contributed by atoms with Crippen molar-refractivity contribution in [3.63, 3.8) is 0 Å². The standard InChI is InChI=1S/C24H36N4O2/c29-23-19-16-27(15-17-7-2-1-3-8-17)14-12-20(19)25-22(26-23)21-11-6-13-28(21)24(30)18-9-4-5-10-18/h17-18,21H,1-16H2,(H,25,26,29). The molecule has 3 heterocycles. The van der Waals surface area contributed by atoms with Gasteiger partial charge >= 0.3 is 0 Å². The summed E-state index contributed by atoms with van der Waals surface area (Å²) < 4.78 is 0. The molecule has 1 aromatic rings. The highest BCUT2D eigenvalue weighted by molar-refractivity contribution is 5.79. The van der Waals surface area contributed by atoms with Crippen LogP contribution in [0.4, 0.5) is 0 Å². The monoisotopic (exact) mass is 412 g/mol. The largest absolute Gasteiger partial charge is 0.332 e. The van der Waals surface area contributed by atoms with E-state index in [1.54, 1.807) is 0 Å². The maximum atomic E-state index is 13.0. The van der Waals surface area contributed by atoms with E-state index in [0.717, 1.165) is 81.3 Å². The zero-order chi connectivity index (χ0) is 20.5. The Balaban J connectivity index is 1.30. The highest BCUT2D eigenvalue weighted by Crippen LogP contribution is 2.35. The van der Waals surface area contributed by atoms with Crippen LogP contribution in [0.25, 0.3) is 0 Å². The van der Waals surface area contributed by atoms with Crippen LogP contribution in [0.1, 0.15) is 93.8 Å². The fourth-order valence-corrected chi connectivity index (χ4v) is 6.27. The SMILES string of the molecule is O=C(C1CCCC1)N1CCCC1c1nc2c(c(=O)[nH]1)CN(CC1CCCCC1)CC2. The Morgan fingerprint density at radius 1 is 0.967 bits per heavy atom. The topological polar surface area (TPSA) is 69.3 Å². The van der Waals surface area contributed by atoms with Crippen LogP contribution in [0.15, 0.2) is 4.79 Å². The van der Waals surface area contributed by atoms with Gasteiger partial charge in [-0.3, -0.25) is 14.5 Å². The average Bonchev–Trinajstić information content (AvgIpc) is 3.47. The highest BCUT2D eigenvalue weighted by Gasteiger charge is 2.37. The van der Waals surface area contributed by atoms with Crippen molar-refractivity contribution in [1.82, 2.24) is 19.8 Å². The number of hydrogen-bond donors (Lipinski definition) is 1. The number of nitrogens with zero attached hydrogens (tertiary/aromatic N) is 3. The molecule has 0 radical (unpaired) electrons. The zero-order valence-electron chi connectivity index (χ0n) is 18.2. The van der Waals surface area contributed by atoms with E-state index < -0.39 is 0 Å². The lowest BCUT2D eigenvalue weighted by molar-refractivity contribution is -0.136. The first kappa shape index (κ1) is 20.2. The molecule has 0 spiro atoms. The van der Waals surface area contributed by atoms with Gasteiger partial charge in [-0.05, 0) is 44.4 Å². The predicted molar refractivity (Wildman–Crippen MR) is 116 cm³/mol. The van der Waals surface area contributed by atoms with E-state index in [9.17, 15) is 9.59 Å². The van der Waals surface area contributed by atoms with E-state index >= 15 is 0 Å². The van der Waals surface area contributed by atoms with E-state index in [1.807, 2.05) is 4.90 Å². The normalized spacial score (nSPS) is 26.3. The summed E-state index contributed by atoms with van der Waals surface area (Å²) in [6, 6.07) is -0.0450. The summed E-state index contributed by atoms with van der Waals surface area (Å²) in [6.07, 6.45) is 13.9. The van der Waals surface area contributed by atoms with Crippen molar-refractivity contribution in [2.24, 2.45) is 11.8 Å². The summed E-state index contributed by atoms with van der Waals surface area (Å²) in [7, 11) is 0. The number of amides is 1. The molecule has 0 aromatic carbocycles. The van der Waals surface area contributed by atoms with Crippen LogP contribution < -0.4 is 5.56 Å². The minimum atomic E-state index is -0.0450. The van der Waals surface area contributed by atoms with Gasteiger partial charge in [-0.25, -0.2) is 4.98 Å². The molecule has 5 rings (SSSR count). The zero-order valence-corrected chi connectivity index (χ0v) is 18.2. The third-order valence-corrected chi connectivity index (χ3v) is 7.96. The molecule has 30 heavy (non-hydrogen) atoms. The Kier molecular flexibility index (Phi) is 5.94. The van der Waals surface area contributed by atoms with Crippen LogP contribution in [-0.4, -0.2) is 45.3 Å². The Morgan fingerprint density at radius 2 is 1.73 bits per heavy atom. The second-order valence-electron chi connectivity index (χ2n) is 10.0. The van der Waals surface area contributed by atoms with Crippen molar-refractivity contribution in [2.45, 2.75) is 89.6 Å². The minimum Gasteiger partial charge on any atom is -0.332 e. The summed E-state index contributed by atoms with van der Waals surface area (Å²) >= 11 is 0. The van der Waals surface area contributed by atoms with E-state index in [2.05, 4.69) is 9.88 Å². The van der Waals surface area contributed by atoms with Crippen molar-refractivity contribution in [3.05, 3.63) is 27.4 Å². The van der Waals surface area contributed by atoms with Crippen LogP contribution in [0.2, 0.25) is 0 Å². The van der Waals surface area contributed by atoms with Crippen molar-refractivity contribution in [2.75, 3.05) is 19.6 Å². The minimum absolute atomic E-state index is 0.0171. The number of rotatable bonds is 4. The summed E-state index contributed by atoms with van der Waals surface area (Å²) in [5, 5.41) is 0. The van der Waals surface area contributed by atoms with E-state index in [4.69, 9.17) is 4.98 Å². The lowest BCUT2D eigenvalue weighted by atomic mass is 9.88. The van der Waals surface area contributed by atoms with Crippen LogP contribution in [0.3, 0.4) is 0 Å². The van der Waals surface area contributed by atoms with Gasteiger partial charge in [0.2, 0.25) is 5.91 Å². The first-order valence-corrected chi connectivity index (χ1v) is 12.3. The molecule has 1 N–H and O–H groups in total. The number of carbonyl (C=O) groups excluding carboxylic acids is 1. The molecule has 6 nitrogen and oxygen atoms in total. The Bertz CT molecular complexity index is 823. The Labute approximate surface area is 179 Å². The molecule has 6 heteroatoms. The number of likely N-dealkylation sites (tertiary alicyclic amines) is 1. The summed E-state index contributed by atoms with van der Waals surface area (Å²) in [4.78, 5) is 38.5. The van der Waals surface area contributed by atoms with Crippen molar-refractivity contribution >= 4 is 5.91 Å². The van der Waals surface area contributed by atoms with E-state index in [-0.39, 0.29) is 23.4 Å². The molecule has 1 atom stereocenters. The molecule has 3 fully saturated rings. The number of fused-ring (bicyclic) bond motifs is 1. The van der Waals surface area contributed by atoms with Crippen LogP contribution in [0, 0.1) is 11.8 Å². The van der Waals surface area contributed by atoms with Gasteiger partial charge in [-0.1, -0.05) is 32.1 Å². The van der Waals surface area contributed by atoms with Gasteiger partial charge in [-0.2, -0.15) is 0 Å². The molecule has 2 saturated carbocycles. The maximum absolute atomic E-state index is 13.0. The van der Waals surface area contributed by atoms with Gasteiger partial charge in [-0.15, -0.1) is 0 Å². The summed E-state index contributed by atoms with van der Waals surface area (Å²) in [5.41, 5.74) is 1.84. The second kappa shape index (κ2) is 8.81. The van der Waals surface area contributed by atoms with Gasteiger partial charge in [0, 0.05) is 38.5 Å². The molecular formula is C24H36N4O2. The van der Waals surface area contributed by atoms with Gasteiger partial charge in [0.05, 0.1) is 17.3 Å². The Morgan fingerprint density at radius 3 is 2.53 bits per heavy atom. The number of nitrogens with one attached hydrogen (secondary N) is 1.